The van der Waals surface area contributed by atoms with Crippen LogP contribution in [-0.4, -0.2) is 10.8 Å². The van der Waals surface area contributed by atoms with Crippen LogP contribution in [0.1, 0.15) is 10.4 Å². The maximum Gasteiger partial charge on any atom is 0.287 e. The van der Waals surface area contributed by atoms with Gasteiger partial charge in [0.2, 0.25) is 5.78 Å². The molecule has 0 unspecified atom stereocenters. The summed E-state index contributed by atoms with van der Waals surface area (Å²) in [6.45, 7) is 0.257. The van der Waals surface area contributed by atoms with Crippen molar-refractivity contribution in [2.75, 3.05) is 0 Å². The topological polar surface area (TPSA) is 33.8 Å². The van der Waals surface area contributed by atoms with Gasteiger partial charge in [-0.05, 0) is 32.9 Å². The summed E-state index contributed by atoms with van der Waals surface area (Å²) in [5.41, 5.74) is 4.93. The minimum atomic E-state index is 0. The Labute approximate surface area is 197 Å². The van der Waals surface area contributed by atoms with Gasteiger partial charge in [0.1, 0.15) is 0 Å². The quantitative estimate of drug-likeness (QED) is 0.217. The van der Waals surface area contributed by atoms with Gasteiger partial charge in [-0.1, -0.05) is 91.0 Å². The minimum Gasteiger partial charge on any atom is -0.290 e. The summed E-state index contributed by atoms with van der Waals surface area (Å²) in [7, 11) is 0. The lowest BCUT2D eigenvalue weighted by molar-refractivity contribution is -0.686. The molecule has 0 amide bonds. The maximum atomic E-state index is 12.7. The molecule has 5 aromatic rings. The second kappa shape index (κ2) is 9.67. The van der Waals surface area contributed by atoms with Crippen LogP contribution >= 0.6 is 17.0 Å². The van der Waals surface area contributed by atoms with Crippen molar-refractivity contribution in [3.63, 3.8) is 0 Å². The molecule has 0 saturated carbocycles. The Kier molecular flexibility index (Phi) is 6.52. The molecule has 5 rings (SSSR count). The van der Waals surface area contributed by atoms with E-state index in [0.717, 1.165) is 22.4 Å². The first-order valence-electron chi connectivity index (χ1n) is 10.3. The van der Waals surface area contributed by atoms with Crippen LogP contribution in [0, 0.1) is 0 Å². The molecule has 0 atom stereocenters. The fraction of sp³-hybridized carbons (Fsp3) is 0.0357. The summed E-state index contributed by atoms with van der Waals surface area (Å²) in [5.74, 6) is 0.0596. The van der Waals surface area contributed by atoms with Gasteiger partial charge in [-0.3, -0.25) is 4.79 Å². The third kappa shape index (κ3) is 4.51. The molecule has 0 radical (unpaired) electrons. The van der Waals surface area contributed by atoms with Crippen molar-refractivity contribution in [1.82, 2.24) is 4.98 Å². The molecule has 0 N–H and O–H groups in total. The second-order valence-corrected chi connectivity index (χ2v) is 7.51. The fourth-order valence-electron chi connectivity index (χ4n) is 3.82. The van der Waals surface area contributed by atoms with Gasteiger partial charge in [0.05, 0.1) is 6.20 Å². The van der Waals surface area contributed by atoms with Gasteiger partial charge in [0.25, 0.3) is 6.33 Å². The van der Waals surface area contributed by atoms with E-state index in [9.17, 15) is 4.79 Å². The highest BCUT2D eigenvalue weighted by atomic mass is 79.9. The third-order valence-corrected chi connectivity index (χ3v) is 5.47. The number of rotatable bonds is 5. The smallest absolute Gasteiger partial charge is 0.287 e. The first-order valence-corrected chi connectivity index (χ1v) is 10.3. The van der Waals surface area contributed by atoms with Crippen molar-refractivity contribution in [2.24, 2.45) is 0 Å². The Morgan fingerprint density at radius 2 is 1.41 bits per heavy atom. The van der Waals surface area contributed by atoms with Crippen LogP contribution in [0.5, 0.6) is 0 Å². The van der Waals surface area contributed by atoms with Crippen molar-refractivity contribution in [3.05, 3.63) is 121 Å². The number of halogens is 1. The highest BCUT2D eigenvalue weighted by molar-refractivity contribution is 8.93. The van der Waals surface area contributed by atoms with E-state index in [1.807, 2.05) is 77.5 Å². The Hall–Kier alpha value is -3.63. The van der Waals surface area contributed by atoms with E-state index < -0.39 is 0 Å². The van der Waals surface area contributed by atoms with Gasteiger partial charge in [0.15, 0.2) is 12.2 Å². The van der Waals surface area contributed by atoms with Gasteiger partial charge < -0.3 is 0 Å². The molecule has 156 valence electrons. The molecule has 4 heteroatoms. The van der Waals surface area contributed by atoms with Crippen LogP contribution in [0.15, 0.2) is 116 Å². The van der Waals surface area contributed by atoms with E-state index in [1.165, 1.54) is 10.8 Å². The van der Waals surface area contributed by atoms with Crippen LogP contribution in [0.4, 0.5) is 0 Å². The number of carbonyl (C=O) groups is 1. The van der Waals surface area contributed by atoms with Crippen LogP contribution < -0.4 is 4.57 Å². The van der Waals surface area contributed by atoms with Gasteiger partial charge in [0, 0.05) is 17.2 Å². The van der Waals surface area contributed by atoms with Gasteiger partial charge in [-0.15, -0.1) is 17.0 Å². The fourth-order valence-corrected chi connectivity index (χ4v) is 3.82. The monoisotopic (exact) mass is 481 g/mol. The van der Waals surface area contributed by atoms with E-state index >= 15 is 0 Å². The van der Waals surface area contributed by atoms with E-state index in [1.54, 1.807) is 6.33 Å². The zero-order valence-corrected chi connectivity index (χ0v) is 19.1. The zero-order valence-electron chi connectivity index (χ0n) is 17.4. The number of hydrogen-bond acceptors (Lipinski definition) is 2. The largest absolute Gasteiger partial charge is 0.290 e. The van der Waals surface area contributed by atoms with Crippen molar-refractivity contribution >= 4 is 33.5 Å². The Balaban J connectivity index is 0.00000245. The predicted molar refractivity (Wildman–Crippen MR) is 134 cm³/mol. The average Bonchev–Trinajstić information content (AvgIpc) is 2.85. The normalized spacial score (nSPS) is 10.5. The van der Waals surface area contributed by atoms with Gasteiger partial charge in [-0.25, -0.2) is 4.57 Å². The molecule has 0 spiro atoms. The maximum absolute atomic E-state index is 12.7. The molecular formula is C28H22BrN2O+. The molecule has 0 aliphatic rings. The van der Waals surface area contributed by atoms with Gasteiger partial charge in [-0.2, -0.15) is 0 Å². The first-order chi connectivity index (χ1) is 15.3. The van der Waals surface area contributed by atoms with Crippen molar-refractivity contribution in [3.8, 4) is 22.4 Å². The molecule has 3 nitrogen and oxygen atoms in total. The summed E-state index contributed by atoms with van der Waals surface area (Å²) >= 11 is 0. The van der Waals surface area contributed by atoms with Gasteiger partial charge >= 0.3 is 0 Å². The summed E-state index contributed by atoms with van der Waals surface area (Å²) in [6, 6.07) is 34.4. The van der Waals surface area contributed by atoms with Crippen LogP contribution in [-0.2, 0) is 6.54 Å². The van der Waals surface area contributed by atoms with E-state index in [0.29, 0.717) is 5.56 Å². The van der Waals surface area contributed by atoms with E-state index in [-0.39, 0.29) is 29.3 Å². The molecule has 0 saturated heterocycles. The number of benzene rings is 4. The first kappa shape index (κ1) is 21.6. The van der Waals surface area contributed by atoms with Crippen molar-refractivity contribution in [1.29, 1.82) is 0 Å². The third-order valence-electron chi connectivity index (χ3n) is 5.47. The Morgan fingerprint density at radius 1 is 0.719 bits per heavy atom. The number of carbonyl (C=O) groups excluding carboxylic acids is 1. The highest BCUT2D eigenvalue weighted by Crippen LogP contribution is 2.26. The molecule has 0 fully saturated rings. The average molecular weight is 482 g/mol. The standard InChI is InChI=1S/C28H21N2O.BrH/c31-28(24-15-13-22(14-16-24)21-7-2-1-3-8-21)19-30-18-17-27(29-20-30)26-12-6-10-23-9-4-5-11-25(23)26;/h1-18,20H,19H2;1H/q+1;. The number of aromatic nitrogens is 2. The molecule has 0 aliphatic carbocycles. The van der Waals surface area contributed by atoms with Crippen molar-refractivity contribution < 1.29 is 9.36 Å². The van der Waals surface area contributed by atoms with Crippen LogP contribution in [0.25, 0.3) is 33.2 Å². The molecule has 4 aromatic carbocycles. The second-order valence-electron chi connectivity index (χ2n) is 7.51. The molecule has 32 heavy (non-hydrogen) atoms. The minimum absolute atomic E-state index is 0. The molecule has 1 aromatic heterocycles. The lowest BCUT2D eigenvalue weighted by Gasteiger charge is -2.05. The Morgan fingerprint density at radius 3 is 2.16 bits per heavy atom. The summed E-state index contributed by atoms with van der Waals surface area (Å²) in [4.78, 5) is 17.4. The zero-order chi connectivity index (χ0) is 21.0. The van der Waals surface area contributed by atoms with Crippen molar-refractivity contribution in [2.45, 2.75) is 6.54 Å². The number of Topliss-reactive ketones (excluding diaryl/α,β-unsaturated/α-hetero) is 1. The van der Waals surface area contributed by atoms with Crippen LogP contribution in [0.2, 0.25) is 0 Å². The van der Waals surface area contributed by atoms with E-state index in [4.69, 9.17) is 0 Å². The number of hydrogen-bond donors (Lipinski definition) is 0. The lowest BCUT2D eigenvalue weighted by Crippen LogP contribution is -2.37. The predicted octanol–water partition coefficient (Wildman–Crippen LogP) is 6.32. The number of nitrogens with zero attached hydrogens (tertiary/aromatic N) is 2. The van der Waals surface area contributed by atoms with E-state index in [2.05, 4.69) is 41.4 Å². The number of ketones is 1. The summed E-state index contributed by atoms with van der Waals surface area (Å²) < 4.78 is 1.82. The number of fused-ring (bicyclic) bond motifs is 1. The molecular weight excluding hydrogens is 460 g/mol. The molecule has 0 aliphatic heterocycles. The SMILES string of the molecule is Br.O=C(C[n+]1ccc(-c2cccc3ccccc23)nc1)c1ccc(-c2ccccc2)cc1. The van der Waals surface area contributed by atoms with Crippen LogP contribution in [0.3, 0.4) is 0 Å². The molecule has 0 bridgehead atoms. The summed E-state index contributed by atoms with van der Waals surface area (Å²) in [5, 5.41) is 2.36. The highest BCUT2D eigenvalue weighted by Gasteiger charge is 2.13. The Bertz CT molecular complexity index is 1340. The summed E-state index contributed by atoms with van der Waals surface area (Å²) in [6.07, 6.45) is 3.65. The lowest BCUT2D eigenvalue weighted by atomic mass is 10.0. The molecule has 1 heterocycles.